The predicted octanol–water partition coefficient (Wildman–Crippen LogP) is 5.80. The highest BCUT2D eigenvalue weighted by Gasteiger charge is 2.47. The van der Waals surface area contributed by atoms with E-state index in [1.54, 1.807) is 30.3 Å². The summed E-state index contributed by atoms with van der Waals surface area (Å²) >= 11 is 5.97. The molecule has 0 bridgehead atoms. The number of nitrogens with two attached hydrogens (primary N) is 1. The van der Waals surface area contributed by atoms with Crippen LogP contribution in [0, 0.1) is 5.82 Å². The van der Waals surface area contributed by atoms with Gasteiger partial charge in [0.25, 0.3) is 5.91 Å². The number of amides is 3. The van der Waals surface area contributed by atoms with E-state index < -0.39 is 60.0 Å². The second-order valence-corrected chi connectivity index (χ2v) is 9.55. The summed E-state index contributed by atoms with van der Waals surface area (Å²) in [7, 11) is 0. The molecule has 3 aromatic rings. The van der Waals surface area contributed by atoms with E-state index in [2.05, 4.69) is 15.0 Å². The minimum atomic E-state index is -5.01. The largest absolute Gasteiger partial charge is 0.461 e. The van der Waals surface area contributed by atoms with E-state index in [-0.39, 0.29) is 22.7 Å². The summed E-state index contributed by atoms with van der Waals surface area (Å²) in [4.78, 5) is 28.8. The van der Waals surface area contributed by atoms with E-state index in [0.29, 0.717) is 11.6 Å². The Morgan fingerprint density at radius 2 is 1.71 bits per heavy atom. The average Bonchev–Trinajstić information content (AvgIpc) is 2.91. The van der Waals surface area contributed by atoms with E-state index in [1.807, 2.05) is 5.32 Å². The molecule has 7 nitrogen and oxygen atoms in total. The van der Waals surface area contributed by atoms with Gasteiger partial charge in [0.1, 0.15) is 23.1 Å². The van der Waals surface area contributed by atoms with Crippen LogP contribution in [0.25, 0.3) is 0 Å². The van der Waals surface area contributed by atoms with Gasteiger partial charge in [-0.3, -0.25) is 9.78 Å². The molecule has 0 saturated heterocycles. The summed E-state index contributed by atoms with van der Waals surface area (Å²) in [6.45, 7) is 1.25. The third-order valence-electron chi connectivity index (χ3n) is 6.16. The van der Waals surface area contributed by atoms with Gasteiger partial charge in [0.15, 0.2) is 0 Å². The lowest BCUT2D eigenvalue weighted by atomic mass is 9.80. The van der Waals surface area contributed by atoms with Crippen LogP contribution in [0.15, 0.2) is 66.9 Å². The Kier molecular flexibility index (Phi) is 9.92. The lowest BCUT2D eigenvalue weighted by Crippen LogP contribution is -2.59. The summed E-state index contributed by atoms with van der Waals surface area (Å²) in [5.41, 5.74) is 2.78. The van der Waals surface area contributed by atoms with E-state index in [0.717, 1.165) is 18.3 Å². The maximum Gasteiger partial charge on any atom is 0.461 e. The molecular formula is C27H24ClF7N4O3. The van der Waals surface area contributed by atoms with Gasteiger partial charge in [0.05, 0.1) is 10.7 Å². The van der Waals surface area contributed by atoms with E-state index in [4.69, 9.17) is 17.3 Å². The fourth-order valence-corrected chi connectivity index (χ4v) is 4.24. The number of hydrogen-bond donors (Lipinski definition) is 3. The van der Waals surface area contributed by atoms with Gasteiger partial charge in [-0.1, -0.05) is 48.9 Å². The molecule has 3 rings (SSSR count). The third kappa shape index (κ3) is 7.41. The summed E-state index contributed by atoms with van der Waals surface area (Å²) in [6, 6.07) is 9.26. The van der Waals surface area contributed by atoms with Crippen LogP contribution in [-0.4, -0.2) is 41.4 Å². The normalized spacial score (nSPS) is 14.1. The number of pyridine rings is 1. The monoisotopic (exact) mass is 620 g/mol. The minimum absolute atomic E-state index is 0.0854. The quantitative estimate of drug-likeness (QED) is 0.223. The Balaban J connectivity index is 2.24. The first-order valence-electron chi connectivity index (χ1n) is 12.2. The number of benzene rings is 2. The number of halogens is 8. The summed E-state index contributed by atoms with van der Waals surface area (Å²) in [5.74, 6) is -8.44. The van der Waals surface area contributed by atoms with Gasteiger partial charge < -0.3 is 21.1 Å². The Morgan fingerprint density at radius 1 is 1.05 bits per heavy atom. The molecule has 0 aliphatic rings. The Morgan fingerprint density at radius 3 is 2.26 bits per heavy atom. The number of primary amides is 1. The van der Waals surface area contributed by atoms with Crippen molar-refractivity contribution < 1.29 is 45.1 Å². The van der Waals surface area contributed by atoms with Crippen LogP contribution in [-0.2, 0) is 16.8 Å². The van der Waals surface area contributed by atoms with Crippen molar-refractivity contribution in [1.82, 2.24) is 15.6 Å². The zero-order valence-electron chi connectivity index (χ0n) is 21.7. The van der Waals surface area contributed by atoms with Crippen molar-refractivity contribution in [2.75, 3.05) is 0 Å². The molecule has 226 valence electrons. The van der Waals surface area contributed by atoms with Crippen LogP contribution >= 0.6 is 11.6 Å². The molecule has 2 atom stereocenters. The maximum atomic E-state index is 14.9. The molecule has 3 amide bonds. The van der Waals surface area contributed by atoms with Crippen molar-refractivity contribution in [3.05, 3.63) is 94.5 Å². The highest BCUT2D eigenvalue weighted by molar-refractivity contribution is 6.30. The van der Waals surface area contributed by atoms with E-state index in [1.165, 1.54) is 19.1 Å². The van der Waals surface area contributed by atoms with Crippen molar-refractivity contribution in [3.63, 3.8) is 0 Å². The van der Waals surface area contributed by atoms with Crippen LogP contribution in [0.5, 0.6) is 5.75 Å². The SMILES string of the molecule is CCC(NC(=O)NC(Cc1ccccc1)(c1cc(F)cc(OC(F)(F)C(F)F)c1)c1ccc(Cl)cn1)C(F)(F)C(N)=O. The molecule has 4 N–H and O–H groups in total. The number of nitrogens with one attached hydrogen (secondary N) is 2. The van der Waals surface area contributed by atoms with Crippen molar-refractivity contribution in [2.24, 2.45) is 5.73 Å². The standard InChI is InChI=1S/C27H24ClF7N4O3/c1-2-20(26(32,33)23(36)40)38-24(41)39-25(13-15-6-4-3-5-7-15,21-9-8-17(28)14-37-21)16-10-18(29)12-19(11-16)42-27(34,35)22(30)31/h3-12,14,20,22H,2,13H2,1H3,(H2,36,40)(H2,38,39,41). The zero-order valence-corrected chi connectivity index (χ0v) is 22.4. The fraction of sp³-hybridized carbons (Fsp3) is 0.296. The van der Waals surface area contributed by atoms with Crippen LogP contribution in [0.1, 0.15) is 30.2 Å². The van der Waals surface area contributed by atoms with E-state index in [9.17, 15) is 40.3 Å². The van der Waals surface area contributed by atoms with E-state index >= 15 is 0 Å². The second-order valence-electron chi connectivity index (χ2n) is 9.12. The number of hydrogen-bond acceptors (Lipinski definition) is 4. The lowest BCUT2D eigenvalue weighted by Gasteiger charge is -2.36. The van der Waals surface area contributed by atoms with Crippen LogP contribution in [0.3, 0.4) is 0 Å². The topological polar surface area (TPSA) is 106 Å². The number of carbonyl (C=O) groups is 2. The molecule has 0 aliphatic heterocycles. The van der Waals surface area contributed by atoms with Gasteiger partial charge in [-0.25, -0.2) is 9.18 Å². The van der Waals surface area contributed by atoms with Crippen molar-refractivity contribution in [3.8, 4) is 5.75 Å². The zero-order chi connectivity index (χ0) is 31.3. The fourth-order valence-electron chi connectivity index (χ4n) is 4.13. The number of carbonyl (C=O) groups excluding carboxylic acids is 2. The third-order valence-corrected chi connectivity index (χ3v) is 6.38. The number of alkyl halides is 6. The van der Waals surface area contributed by atoms with Crippen molar-refractivity contribution >= 4 is 23.5 Å². The molecule has 15 heteroatoms. The summed E-state index contributed by atoms with van der Waals surface area (Å²) < 4.78 is 101. The summed E-state index contributed by atoms with van der Waals surface area (Å²) in [6.07, 6.45) is -8.88. The van der Waals surface area contributed by atoms with Crippen LogP contribution < -0.4 is 21.1 Å². The number of ether oxygens (including phenoxy) is 1. The molecule has 0 radical (unpaired) electrons. The van der Waals surface area contributed by atoms with Gasteiger partial charge in [0.2, 0.25) is 0 Å². The molecule has 2 aromatic carbocycles. The first kappa shape index (κ1) is 32.4. The first-order chi connectivity index (χ1) is 19.6. The Bertz CT molecular complexity index is 1400. The average molecular weight is 621 g/mol. The number of nitrogens with zero attached hydrogens (tertiary/aromatic N) is 1. The molecular weight excluding hydrogens is 597 g/mol. The van der Waals surface area contributed by atoms with Gasteiger partial charge in [-0.2, -0.15) is 26.3 Å². The lowest BCUT2D eigenvalue weighted by molar-refractivity contribution is -0.253. The van der Waals surface area contributed by atoms with Crippen molar-refractivity contribution in [1.29, 1.82) is 0 Å². The van der Waals surface area contributed by atoms with Gasteiger partial charge in [-0.05, 0) is 41.8 Å². The van der Waals surface area contributed by atoms with Gasteiger partial charge >= 0.3 is 24.5 Å². The Hall–Kier alpha value is -4.07. The first-order valence-corrected chi connectivity index (χ1v) is 12.6. The molecule has 1 aromatic heterocycles. The van der Waals surface area contributed by atoms with Crippen LogP contribution in [0.2, 0.25) is 5.02 Å². The second kappa shape index (κ2) is 12.8. The minimum Gasteiger partial charge on any atom is -0.428 e. The number of rotatable bonds is 12. The molecule has 0 fully saturated rings. The Labute approximate surface area is 240 Å². The van der Waals surface area contributed by atoms with Gasteiger partial charge in [0, 0.05) is 18.7 Å². The molecule has 1 heterocycles. The predicted molar refractivity (Wildman–Crippen MR) is 138 cm³/mol. The van der Waals surface area contributed by atoms with Crippen LogP contribution in [0.4, 0.5) is 35.5 Å². The highest BCUT2D eigenvalue weighted by atomic mass is 35.5. The number of aromatic nitrogens is 1. The molecule has 2 unspecified atom stereocenters. The summed E-state index contributed by atoms with van der Waals surface area (Å²) in [5, 5.41) is 4.54. The maximum absolute atomic E-state index is 14.9. The number of urea groups is 1. The van der Waals surface area contributed by atoms with Gasteiger partial charge in [-0.15, -0.1) is 0 Å². The molecule has 0 saturated carbocycles. The molecule has 0 spiro atoms. The molecule has 42 heavy (non-hydrogen) atoms. The van der Waals surface area contributed by atoms with Crippen molar-refractivity contribution in [2.45, 2.75) is 49.8 Å². The smallest absolute Gasteiger partial charge is 0.428 e. The highest BCUT2D eigenvalue weighted by Crippen LogP contribution is 2.37. The molecule has 0 aliphatic carbocycles.